The highest BCUT2D eigenvalue weighted by atomic mass is 16.3. The standard InChI is InChI=1S/C19H19N3O2/c1-11-14(12(2)23)10-20-19(21-11)22-15-7-5-9-17-18(15)13-6-3-4-8-16(13)24-17/h3-4,6,8,10,15H,5,7,9H2,1-2H3,(H,20,21,22)/t15-/m1/s1. The van der Waals surface area contributed by atoms with Crippen molar-refractivity contribution in [1.29, 1.82) is 0 Å². The molecular weight excluding hydrogens is 302 g/mol. The van der Waals surface area contributed by atoms with Gasteiger partial charge in [0.25, 0.3) is 0 Å². The normalized spacial score (nSPS) is 16.8. The van der Waals surface area contributed by atoms with Crippen molar-refractivity contribution < 1.29 is 9.21 Å². The number of anilines is 1. The summed E-state index contributed by atoms with van der Waals surface area (Å²) < 4.78 is 6.01. The molecule has 4 rings (SSSR count). The minimum absolute atomic E-state index is 0.0140. The summed E-state index contributed by atoms with van der Waals surface area (Å²) in [5, 5.41) is 4.58. The number of benzene rings is 1. The summed E-state index contributed by atoms with van der Waals surface area (Å²) in [6.07, 6.45) is 4.64. The number of hydrogen-bond acceptors (Lipinski definition) is 5. The molecule has 0 spiro atoms. The molecule has 24 heavy (non-hydrogen) atoms. The number of carbonyl (C=O) groups excluding carboxylic acids is 1. The van der Waals surface area contributed by atoms with E-state index in [1.165, 1.54) is 12.5 Å². The zero-order chi connectivity index (χ0) is 16.7. The maximum absolute atomic E-state index is 11.5. The summed E-state index contributed by atoms with van der Waals surface area (Å²) >= 11 is 0. The van der Waals surface area contributed by atoms with Gasteiger partial charge in [0.1, 0.15) is 11.3 Å². The van der Waals surface area contributed by atoms with Crippen LogP contribution in [0.2, 0.25) is 0 Å². The molecule has 0 saturated carbocycles. The lowest BCUT2D eigenvalue weighted by Gasteiger charge is -2.23. The number of nitrogens with one attached hydrogen (secondary N) is 1. The molecule has 5 nitrogen and oxygen atoms in total. The average molecular weight is 321 g/mol. The molecule has 1 aliphatic carbocycles. The first kappa shape index (κ1) is 14.9. The first-order valence-corrected chi connectivity index (χ1v) is 8.25. The number of para-hydroxylation sites is 1. The van der Waals surface area contributed by atoms with E-state index in [9.17, 15) is 4.79 Å². The van der Waals surface area contributed by atoms with E-state index in [2.05, 4.69) is 21.4 Å². The van der Waals surface area contributed by atoms with Crippen LogP contribution in [0, 0.1) is 6.92 Å². The maximum atomic E-state index is 11.5. The topological polar surface area (TPSA) is 68.0 Å². The fourth-order valence-electron chi connectivity index (χ4n) is 3.48. The predicted molar refractivity (Wildman–Crippen MR) is 92.3 cm³/mol. The minimum Gasteiger partial charge on any atom is -0.461 e. The number of aryl methyl sites for hydroxylation is 2. The Morgan fingerprint density at radius 2 is 2.17 bits per heavy atom. The number of Topliss-reactive ketones (excluding diaryl/α,β-unsaturated/α-hetero) is 1. The Kier molecular flexibility index (Phi) is 3.56. The molecular formula is C19H19N3O2. The molecule has 0 unspecified atom stereocenters. The van der Waals surface area contributed by atoms with Crippen LogP contribution in [0.5, 0.6) is 0 Å². The molecule has 1 atom stereocenters. The highest BCUT2D eigenvalue weighted by molar-refractivity contribution is 5.94. The van der Waals surface area contributed by atoms with E-state index in [0.717, 1.165) is 36.0 Å². The summed E-state index contributed by atoms with van der Waals surface area (Å²) in [4.78, 5) is 20.3. The number of nitrogens with zero attached hydrogens (tertiary/aromatic N) is 2. The monoisotopic (exact) mass is 321 g/mol. The van der Waals surface area contributed by atoms with Gasteiger partial charge in [0.15, 0.2) is 5.78 Å². The van der Waals surface area contributed by atoms with E-state index in [1.807, 2.05) is 25.1 Å². The molecule has 1 N–H and O–H groups in total. The van der Waals surface area contributed by atoms with Gasteiger partial charge < -0.3 is 9.73 Å². The molecule has 2 aromatic heterocycles. The molecule has 5 heteroatoms. The van der Waals surface area contributed by atoms with Crippen molar-refractivity contribution in [1.82, 2.24) is 9.97 Å². The van der Waals surface area contributed by atoms with Crippen LogP contribution in [-0.4, -0.2) is 15.8 Å². The lowest BCUT2D eigenvalue weighted by Crippen LogP contribution is -2.18. The molecule has 0 amide bonds. The summed E-state index contributed by atoms with van der Waals surface area (Å²) in [5.74, 6) is 1.59. The quantitative estimate of drug-likeness (QED) is 0.731. The molecule has 0 radical (unpaired) electrons. The van der Waals surface area contributed by atoms with Crippen LogP contribution < -0.4 is 5.32 Å². The fraction of sp³-hybridized carbons (Fsp3) is 0.316. The zero-order valence-corrected chi connectivity index (χ0v) is 13.8. The first-order chi connectivity index (χ1) is 11.6. The third-order valence-electron chi connectivity index (χ3n) is 4.62. The largest absolute Gasteiger partial charge is 0.461 e. The van der Waals surface area contributed by atoms with Gasteiger partial charge in [-0.3, -0.25) is 4.79 Å². The SMILES string of the molecule is CC(=O)c1cnc(N[C@@H]2CCCc3oc4ccccc4c32)nc1C. The second kappa shape index (κ2) is 5.74. The number of carbonyl (C=O) groups is 1. The average Bonchev–Trinajstić information content (AvgIpc) is 2.94. The van der Waals surface area contributed by atoms with Crippen molar-refractivity contribution in [3.8, 4) is 0 Å². The van der Waals surface area contributed by atoms with Crippen LogP contribution in [0.25, 0.3) is 11.0 Å². The van der Waals surface area contributed by atoms with Crippen molar-refractivity contribution in [2.45, 2.75) is 39.2 Å². The van der Waals surface area contributed by atoms with Crippen LogP contribution in [-0.2, 0) is 6.42 Å². The number of fused-ring (bicyclic) bond motifs is 3. The van der Waals surface area contributed by atoms with Gasteiger partial charge in [0.2, 0.25) is 5.95 Å². The number of ketones is 1. The smallest absolute Gasteiger partial charge is 0.223 e. The first-order valence-electron chi connectivity index (χ1n) is 8.25. The summed E-state index contributed by atoms with van der Waals surface area (Å²) in [6, 6.07) is 8.26. The molecule has 1 aromatic carbocycles. The maximum Gasteiger partial charge on any atom is 0.223 e. The molecule has 0 fully saturated rings. The number of aromatic nitrogens is 2. The summed E-state index contributed by atoms with van der Waals surface area (Å²) in [6.45, 7) is 3.37. The second-order valence-electron chi connectivity index (χ2n) is 6.27. The third-order valence-corrected chi connectivity index (χ3v) is 4.62. The van der Waals surface area contributed by atoms with Crippen LogP contribution >= 0.6 is 0 Å². The third kappa shape index (κ3) is 2.46. The summed E-state index contributed by atoms with van der Waals surface area (Å²) in [5.41, 5.74) is 3.42. The van der Waals surface area contributed by atoms with Gasteiger partial charge in [-0.1, -0.05) is 18.2 Å². The lowest BCUT2D eigenvalue weighted by molar-refractivity contribution is 0.101. The number of rotatable bonds is 3. The van der Waals surface area contributed by atoms with Gasteiger partial charge in [-0.25, -0.2) is 9.97 Å². The van der Waals surface area contributed by atoms with Gasteiger partial charge in [0, 0.05) is 23.6 Å². The number of hydrogen-bond donors (Lipinski definition) is 1. The van der Waals surface area contributed by atoms with Crippen LogP contribution in [0.1, 0.15) is 53.2 Å². The second-order valence-corrected chi connectivity index (χ2v) is 6.27. The van der Waals surface area contributed by atoms with E-state index in [4.69, 9.17) is 4.42 Å². The highest BCUT2D eigenvalue weighted by Crippen LogP contribution is 2.39. The Bertz CT molecular complexity index is 930. The molecule has 0 aliphatic heterocycles. The van der Waals surface area contributed by atoms with E-state index < -0.39 is 0 Å². The molecule has 1 aliphatic rings. The minimum atomic E-state index is -0.0140. The predicted octanol–water partition coefficient (Wildman–Crippen LogP) is 4.22. The molecule has 3 aromatic rings. The zero-order valence-electron chi connectivity index (χ0n) is 13.8. The fourth-order valence-corrected chi connectivity index (χ4v) is 3.48. The Labute approximate surface area is 140 Å². The van der Waals surface area contributed by atoms with Crippen LogP contribution in [0.4, 0.5) is 5.95 Å². The van der Waals surface area contributed by atoms with Crippen molar-refractivity contribution in [2.75, 3.05) is 5.32 Å². The number of furan rings is 1. The highest BCUT2D eigenvalue weighted by Gasteiger charge is 2.27. The van der Waals surface area contributed by atoms with Crippen molar-refractivity contribution in [3.05, 3.63) is 53.0 Å². The van der Waals surface area contributed by atoms with Gasteiger partial charge in [0.05, 0.1) is 17.3 Å². The van der Waals surface area contributed by atoms with Gasteiger partial charge in [-0.05, 0) is 32.8 Å². The Hall–Kier alpha value is -2.69. The van der Waals surface area contributed by atoms with Gasteiger partial charge in [-0.2, -0.15) is 0 Å². The van der Waals surface area contributed by atoms with E-state index in [-0.39, 0.29) is 11.8 Å². The van der Waals surface area contributed by atoms with Crippen molar-refractivity contribution >= 4 is 22.7 Å². The summed E-state index contributed by atoms with van der Waals surface area (Å²) in [7, 11) is 0. The van der Waals surface area contributed by atoms with E-state index >= 15 is 0 Å². The Morgan fingerprint density at radius 3 is 2.96 bits per heavy atom. The Balaban J connectivity index is 1.70. The molecule has 0 saturated heterocycles. The van der Waals surface area contributed by atoms with E-state index in [0.29, 0.717) is 17.2 Å². The van der Waals surface area contributed by atoms with E-state index in [1.54, 1.807) is 6.20 Å². The molecule has 0 bridgehead atoms. The van der Waals surface area contributed by atoms with Gasteiger partial charge >= 0.3 is 0 Å². The van der Waals surface area contributed by atoms with Gasteiger partial charge in [-0.15, -0.1) is 0 Å². The van der Waals surface area contributed by atoms with Crippen LogP contribution in [0.3, 0.4) is 0 Å². The lowest BCUT2D eigenvalue weighted by atomic mass is 9.91. The molecule has 122 valence electrons. The van der Waals surface area contributed by atoms with Crippen molar-refractivity contribution in [3.63, 3.8) is 0 Å². The molecule has 2 heterocycles. The Morgan fingerprint density at radius 1 is 1.33 bits per heavy atom. The van der Waals surface area contributed by atoms with Crippen LogP contribution in [0.15, 0.2) is 34.9 Å². The van der Waals surface area contributed by atoms with Crippen molar-refractivity contribution in [2.24, 2.45) is 0 Å².